The van der Waals surface area contributed by atoms with E-state index in [1.165, 1.54) is 12.1 Å². The molecule has 0 unspecified atom stereocenters. The summed E-state index contributed by atoms with van der Waals surface area (Å²) in [5.41, 5.74) is -1.32. The molecule has 1 fully saturated rings. The Kier molecular flexibility index (Phi) is 4.33. The van der Waals surface area contributed by atoms with E-state index < -0.39 is 17.1 Å². The van der Waals surface area contributed by atoms with E-state index in [1.807, 2.05) is 0 Å². The normalized spacial score (nSPS) is 24.6. The number of rotatable bonds is 5. The van der Waals surface area contributed by atoms with Crippen LogP contribution in [0.25, 0.3) is 0 Å². The van der Waals surface area contributed by atoms with Crippen LogP contribution < -0.4 is 10.1 Å². The zero-order valence-corrected chi connectivity index (χ0v) is 12.6. The van der Waals surface area contributed by atoms with Crippen LogP contribution in [0.15, 0.2) is 16.6 Å². The van der Waals surface area contributed by atoms with Crippen molar-refractivity contribution in [2.24, 2.45) is 0 Å². The Morgan fingerprint density at radius 1 is 1.57 bits per heavy atom. The maximum absolute atomic E-state index is 12.4. The van der Waals surface area contributed by atoms with E-state index in [0.717, 1.165) is 0 Å². The molecular weight excluding hydrogens is 354 g/mol. The fourth-order valence-corrected chi connectivity index (χ4v) is 2.78. The maximum atomic E-state index is 12.4. The van der Waals surface area contributed by atoms with Crippen LogP contribution in [-0.4, -0.2) is 28.3 Å². The first-order valence-electron chi connectivity index (χ1n) is 6.09. The molecule has 2 rings (SSSR count). The number of anilines is 1. The van der Waals surface area contributed by atoms with Crippen LogP contribution in [0.5, 0.6) is 5.75 Å². The molecule has 1 saturated carbocycles. The molecule has 116 valence electrons. The summed E-state index contributed by atoms with van der Waals surface area (Å²) >= 11 is 3.02. The third-order valence-electron chi connectivity index (χ3n) is 3.18. The van der Waals surface area contributed by atoms with Gasteiger partial charge in [-0.05, 0) is 25.8 Å². The summed E-state index contributed by atoms with van der Waals surface area (Å²) in [6.45, 7) is -1.46. The highest BCUT2D eigenvalue weighted by Crippen LogP contribution is 2.42. The molecule has 0 spiro atoms. The van der Waals surface area contributed by atoms with Gasteiger partial charge < -0.3 is 15.2 Å². The van der Waals surface area contributed by atoms with E-state index in [9.17, 15) is 24.0 Å². The Bertz CT molecular complexity index is 560. The molecule has 2 N–H and O–H groups in total. The molecule has 0 heterocycles. The summed E-state index contributed by atoms with van der Waals surface area (Å²) in [5.74, 6) is -0.308. The fraction of sp³-hybridized carbons (Fsp3) is 0.500. The molecule has 0 radical (unpaired) electrons. The van der Waals surface area contributed by atoms with Crippen molar-refractivity contribution in [2.75, 3.05) is 5.32 Å². The summed E-state index contributed by atoms with van der Waals surface area (Å²) in [6.07, 6.45) is 0.739. The van der Waals surface area contributed by atoms with Crippen molar-refractivity contribution in [1.29, 1.82) is 0 Å². The Morgan fingerprint density at radius 3 is 2.67 bits per heavy atom. The standard InChI is InChI=1S/C12H13BrF2N2O4/c1-12(18)4-7(5-12)16-10-8(17(19)20)2-6(13)3-9(10)21-11(14)15/h2-3,7,11,16,18H,4-5H2,1H3/t7-,12+. The van der Waals surface area contributed by atoms with Crippen molar-refractivity contribution in [3.63, 3.8) is 0 Å². The smallest absolute Gasteiger partial charge is 0.387 e. The Hall–Kier alpha value is -1.48. The van der Waals surface area contributed by atoms with Crippen molar-refractivity contribution in [2.45, 2.75) is 38.0 Å². The van der Waals surface area contributed by atoms with Gasteiger partial charge in [-0.1, -0.05) is 15.9 Å². The average molecular weight is 367 g/mol. The molecule has 0 aliphatic heterocycles. The monoisotopic (exact) mass is 366 g/mol. The second-order valence-electron chi connectivity index (χ2n) is 5.18. The van der Waals surface area contributed by atoms with Crippen LogP contribution in [0.3, 0.4) is 0 Å². The minimum absolute atomic E-state index is 0.107. The van der Waals surface area contributed by atoms with Crippen molar-refractivity contribution >= 4 is 27.3 Å². The third-order valence-corrected chi connectivity index (χ3v) is 3.64. The lowest BCUT2D eigenvalue weighted by Gasteiger charge is -2.41. The molecule has 1 aliphatic rings. The van der Waals surface area contributed by atoms with Gasteiger partial charge in [-0.2, -0.15) is 8.78 Å². The van der Waals surface area contributed by atoms with Gasteiger partial charge in [0.05, 0.1) is 10.5 Å². The van der Waals surface area contributed by atoms with Gasteiger partial charge in [-0.25, -0.2) is 0 Å². The molecule has 0 aromatic heterocycles. The van der Waals surface area contributed by atoms with Gasteiger partial charge in [-0.3, -0.25) is 10.1 Å². The quantitative estimate of drug-likeness (QED) is 0.616. The van der Waals surface area contributed by atoms with Crippen LogP contribution in [0.2, 0.25) is 0 Å². The van der Waals surface area contributed by atoms with Crippen molar-refractivity contribution in [3.8, 4) is 5.75 Å². The van der Waals surface area contributed by atoms with E-state index in [2.05, 4.69) is 26.0 Å². The van der Waals surface area contributed by atoms with E-state index in [4.69, 9.17) is 0 Å². The number of benzene rings is 1. The van der Waals surface area contributed by atoms with E-state index >= 15 is 0 Å². The van der Waals surface area contributed by atoms with Crippen LogP contribution in [0.1, 0.15) is 19.8 Å². The number of hydrogen-bond donors (Lipinski definition) is 2. The van der Waals surface area contributed by atoms with Crippen LogP contribution >= 0.6 is 15.9 Å². The number of halogens is 3. The van der Waals surface area contributed by atoms with Crippen molar-refractivity contribution in [3.05, 3.63) is 26.7 Å². The summed E-state index contributed by atoms with van der Waals surface area (Å²) in [7, 11) is 0. The highest BCUT2D eigenvalue weighted by Gasteiger charge is 2.39. The Labute approximate surface area is 127 Å². The number of nitrogens with one attached hydrogen (secondary N) is 1. The number of nitro groups is 1. The van der Waals surface area contributed by atoms with E-state index in [-0.39, 0.29) is 27.6 Å². The molecule has 0 bridgehead atoms. The summed E-state index contributed by atoms with van der Waals surface area (Å²) in [6, 6.07) is 2.20. The van der Waals surface area contributed by atoms with Gasteiger partial charge in [0.2, 0.25) is 0 Å². The van der Waals surface area contributed by atoms with Crippen molar-refractivity contribution in [1.82, 2.24) is 0 Å². The predicted molar refractivity (Wildman–Crippen MR) is 74.7 cm³/mol. The SMILES string of the molecule is C[C@]1(O)C[C@@H](Nc2c(OC(F)F)cc(Br)cc2[N+](=O)[O-])C1. The number of hydrogen-bond acceptors (Lipinski definition) is 5. The summed E-state index contributed by atoms with van der Waals surface area (Å²) in [4.78, 5) is 10.4. The number of ether oxygens (including phenoxy) is 1. The van der Waals surface area contributed by atoms with Crippen LogP contribution in [0, 0.1) is 10.1 Å². The molecular formula is C12H13BrF2N2O4. The predicted octanol–water partition coefficient (Wildman–Crippen LogP) is 3.28. The average Bonchev–Trinajstić information content (AvgIpc) is 2.28. The molecule has 0 amide bonds. The lowest BCUT2D eigenvalue weighted by atomic mass is 9.77. The molecule has 1 aromatic carbocycles. The van der Waals surface area contributed by atoms with Gasteiger partial charge in [0, 0.05) is 16.6 Å². The molecule has 1 aliphatic carbocycles. The second kappa shape index (κ2) is 5.72. The zero-order valence-electron chi connectivity index (χ0n) is 11.0. The summed E-state index contributed by atoms with van der Waals surface area (Å²) < 4.78 is 29.5. The second-order valence-corrected chi connectivity index (χ2v) is 6.10. The first-order valence-corrected chi connectivity index (χ1v) is 6.89. The topological polar surface area (TPSA) is 84.6 Å². The number of nitro benzene ring substituents is 1. The Balaban J connectivity index is 2.33. The first-order chi connectivity index (χ1) is 9.68. The highest BCUT2D eigenvalue weighted by atomic mass is 79.9. The molecule has 1 aromatic rings. The molecule has 9 heteroatoms. The minimum Gasteiger partial charge on any atom is -0.432 e. The number of alkyl halides is 2. The van der Waals surface area contributed by atoms with Gasteiger partial charge >= 0.3 is 6.61 Å². The third kappa shape index (κ3) is 3.79. The van der Waals surface area contributed by atoms with E-state index in [1.54, 1.807) is 6.92 Å². The van der Waals surface area contributed by atoms with Crippen LogP contribution in [0.4, 0.5) is 20.2 Å². The minimum atomic E-state index is -3.09. The first kappa shape index (κ1) is 15.9. The van der Waals surface area contributed by atoms with Crippen LogP contribution in [-0.2, 0) is 0 Å². The Morgan fingerprint density at radius 2 is 2.19 bits per heavy atom. The number of aliphatic hydroxyl groups is 1. The van der Waals surface area contributed by atoms with Crippen molar-refractivity contribution < 1.29 is 23.5 Å². The number of nitrogens with zero attached hydrogens (tertiary/aromatic N) is 1. The highest BCUT2D eigenvalue weighted by molar-refractivity contribution is 9.10. The lowest BCUT2D eigenvalue weighted by Crippen LogP contribution is -2.48. The summed E-state index contributed by atoms with van der Waals surface area (Å²) in [5, 5.41) is 23.6. The maximum Gasteiger partial charge on any atom is 0.387 e. The van der Waals surface area contributed by atoms with Gasteiger partial charge in [0.15, 0.2) is 11.4 Å². The van der Waals surface area contributed by atoms with Gasteiger partial charge in [-0.15, -0.1) is 0 Å². The van der Waals surface area contributed by atoms with Gasteiger partial charge in [0.25, 0.3) is 5.69 Å². The molecule has 6 nitrogen and oxygen atoms in total. The molecule has 21 heavy (non-hydrogen) atoms. The van der Waals surface area contributed by atoms with E-state index in [0.29, 0.717) is 12.8 Å². The largest absolute Gasteiger partial charge is 0.432 e. The lowest BCUT2D eigenvalue weighted by molar-refractivity contribution is -0.384. The zero-order chi connectivity index (χ0) is 15.8. The molecule has 0 saturated heterocycles. The molecule has 0 atom stereocenters. The fourth-order valence-electron chi connectivity index (χ4n) is 2.35. The van der Waals surface area contributed by atoms with Gasteiger partial charge in [0.1, 0.15) is 0 Å².